The summed E-state index contributed by atoms with van der Waals surface area (Å²) in [6, 6.07) is 2.23. The highest BCUT2D eigenvalue weighted by atomic mass is 79.9. The van der Waals surface area contributed by atoms with Crippen LogP contribution in [0.2, 0.25) is 5.02 Å². The molecule has 15 heavy (non-hydrogen) atoms. The van der Waals surface area contributed by atoms with E-state index in [9.17, 15) is 8.78 Å². The Labute approximate surface area is 101 Å². The Balaban J connectivity index is 2.30. The number of hydrogen-bond donors (Lipinski definition) is 0. The van der Waals surface area contributed by atoms with Gasteiger partial charge in [0.1, 0.15) is 0 Å². The van der Waals surface area contributed by atoms with Crippen LogP contribution < -0.4 is 0 Å². The van der Waals surface area contributed by atoms with Gasteiger partial charge >= 0.3 is 0 Å². The Hall–Kier alpha value is -0.150. The van der Waals surface area contributed by atoms with Crippen molar-refractivity contribution in [2.45, 2.75) is 24.1 Å². The second-order valence-corrected chi connectivity index (χ2v) is 5.27. The van der Waals surface area contributed by atoms with E-state index in [2.05, 4.69) is 15.9 Å². The van der Waals surface area contributed by atoms with Crippen LogP contribution in [0.25, 0.3) is 0 Å². The van der Waals surface area contributed by atoms with Crippen molar-refractivity contribution in [3.05, 3.63) is 34.4 Å². The molecule has 0 amide bonds. The molecule has 0 bridgehead atoms. The molecule has 1 saturated carbocycles. The van der Waals surface area contributed by atoms with Crippen LogP contribution in [0.15, 0.2) is 12.1 Å². The fourth-order valence-electron chi connectivity index (χ4n) is 1.74. The lowest BCUT2D eigenvalue weighted by Gasteiger charge is -2.30. The minimum absolute atomic E-state index is 0.0360. The predicted molar refractivity (Wildman–Crippen MR) is 60.4 cm³/mol. The molecule has 0 saturated heterocycles. The number of rotatable bonds is 2. The lowest BCUT2D eigenvalue weighted by atomic mass is 9.81. The molecule has 0 spiro atoms. The average Bonchev–Trinajstić information content (AvgIpc) is 2.08. The molecule has 1 fully saturated rings. The molecule has 0 nitrogen and oxygen atoms in total. The van der Waals surface area contributed by atoms with Crippen LogP contribution in [0.4, 0.5) is 8.78 Å². The van der Waals surface area contributed by atoms with E-state index < -0.39 is 11.6 Å². The van der Waals surface area contributed by atoms with Gasteiger partial charge in [0.2, 0.25) is 0 Å². The van der Waals surface area contributed by atoms with Crippen LogP contribution in [-0.4, -0.2) is 0 Å². The van der Waals surface area contributed by atoms with Gasteiger partial charge in [0.05, 0.1) is 0 Å². The van der Waals surface area contributed by atoms with E-state index in [0.29, 0.717) is 16.5 Å². The van der Waals surface area contributed by atoms with Gasteiger partial charge in [0.25, 0.3) is 0 Å². The van der Waals surface area contributed by atoms with Gasteiger partial charge in [0.15, 0.2) is 11.6 Å². The van der Waals surface area contributed by atoms with Crippen molar-refractivity contribution >= 4 is 27.5 Å². The minimum atomic E-state index is -0.892. The van der Waals surface area contributed by atoms with E-state index in [-0.39, 0.29) is 4.83 Å². The highest BCUT2D eigenvalue weighted by molar-refractivity contribution is 9.09. The standard InChI is InChI=1S/C11H10BrClF2/c12-11(6-2-1-3-6)7-4-9(14)10(15)5-8(7)13/h4-6,11H,1-3H2. The maximum Gasteiger partial charge on any atom is 0.160 e. The highest BCUT2D eigenvalue weighted by Crippen LogP contribution is 2.45. The van der Waals surface area contributed by atoms with Gasteiger partial charge < -0.3 is 0 Å². The third-order valence-electron chi connectivity index (χ3n) is 2.90. The lowest BCUT2D eigenvalue weighted by molar-refractivity contribution is 0.311. The first-order chi connectivity index (χ1) is 7.09. The summed E-state index contributed by atoms with van der Waals surface area (Å²) >= 11 is 9.38. The predicted octanol–water partition coefficient (Wildman–Crippen LogP) is 4.85. The molecule has 1 aromatic carbocycles. The Morgan fingerprint density at radius 1 is 1.27 bits per heavy atom. The van der Waals surface area contributed by atoms with Crippen molar-refractivity contribution in [3.63, 3.8) is 0 Å². The van der Waals surface area contributed by atoms with Crippen LogP contribution >= 0.6 is 27.5 Å². The molecule has 1 aliphatic rings. The van der Waals surface area contributed by atoms with Gasteiger partial charge in [-0.2, -0.15) is 0 Å². The number of hydrogen-bond acceptors (Lipinski definition) is 0. The van der Waals surface area contributed by atoms with Crippen molar-refractivity contribution < 1.29 is 8.78 Å². The smallest absolute Gasteiger partial charge is 0.160 e. The second-order valence-electron chi connectivity index (χ2n) is 3.88. The van der Waals surface area contributed by atoms with E-state index in [1.165, 1.54) is 12.5 Å². The summed E-state index contributed by atoms with van der Waals surface area (Å²) in [5.74, 6) is -1.23. The van der Waals surface area contributed by atoms with Crippen molar-refractivity contribution in [3.8, 4) is 0 Å². The molecule has 1 aliphatic carbocycles. The van der Waals surface area contributed by atoms with Gasteiger partial charge in [-0.15, -0.1) is 0 Å². The Kier molecular flexibility index (Phi) is 3.31. The number of alkyl halides is 1. The Morgan fingerprint density at radius 3 is 2.40 bits per heavy atom. The monoisotopic (exact) mass is 294 g/mol. The fraction of sp³-hybridized carbons (Fsp3) is 0.455. The maximum atomic E-state index is 13.1. The zero-order valence-corrected chi connectivity index (χ0v) is 10.3. The average molecular weight is 296 g/mol. The second kappa shape index (κ2) is 4.38. The first-order valence-electron chi connectivity index (χ1n) is 4.88. The summed E-state index contributed by atoms with van der Waals surface area (Å²) in [5, 5.41) is 0.294. The molecular formula is C11H10BrClF2. The molecule has 2 rings (SSSR count). The fourth-order valence-corrected chi connectivity index (χ4v) is 3.04. The number of benzene rings is 1. The normalized spacial score (nSPS) is 18.7. The molecule has 0 aliphatic heterocycles. The quantitative estimate of drug-likeness (QED) is 0.540. The molecule has 1 unspecified atom stereocenters. The van der Waals surface area contributed by atoms with E-state index in [0.717, 1.165) is 18.9 Å². The summed E-state index contributed by atoms with van der Waals surface area (Å²) in [7, 11) is 0. The zero-order valence-electron chi connectivity index (χ0n) is 7.94. The summed E-state index contributed by atoms with van der Waals surface area (Å²) in [4.78, 5) is 0.0360. The first-order valence-corrected chi connectivity index (χ1v) is 6.17. The van der Waals surface area contributed by atoms with Crippen molar-refractivity contribution in [2.24, 2.45) is 5.92 Å². The van der Waals surface area contributed by atoms with Gasteiger partial charge in [-0.05, 0) is 36.5 Å². The van der Waals surface area contributed by atoms with Gasteiger partial charge in [-0.3, -0.25) is 0 Å². The van der Waals surface area contributed by atoms with Crippen LogP contribution in [0, 0.1) is 17.6 Å². The first kappa shape index (κ1) is 11.3. The van der Waals surface area contributed by atoms with Crippen molar-refractivity contribution in [2.75, 3.05) is 0 Å². The van der Waals surface area contributed by atoms with Gasteiger partial charge in [-0.25, -0.2) is 8.78 Å². The molecule has 1 aromatic rings. The van der Waals surface area contributed by atoms with E-state index in [1.807, 2.05) is 0 Å². The van der Waals surface area contributed by atoms with Gasteiger partial charge in [0, 0.05) is 9.85 Å². The molecule has 0 N–H and O–H groups in total. The molecular weight excluding hydrogens is 285 g/mol. The SMILES string of the molecule is Fc1cc(Cl)c(C(Br)C2CCC2)cc1F. The van der Waals surface area contributed by atoms with Gasteiger partial charge in [-0.1, -0.05) is 34.0 Å². The minimum Gasteiger partial charge on any atom is -0.204 e. The van der Waals surface area contributed by atoms with Crippen LogP contribution in [0.1, 0.15) is 29.7 Å². The molecule has 0 radical (unpaired) electrons. The summed E-state index contributed by atoms with van der Waals surface area (Å²) < 4.78 is 25.9. The zero-order chi connectivity index (χ0) is 11.0. The van der Waals surface area contributed by atoms with Crippen molar-refractivity contribution in [1.82, 2.24) is 0 Å². The Bertz CT molecular complexity index is 377. The summed E-state index contributed by atoms with van der Waals surface area (Å²) in [5.41, 5.74) is 0.653. The summed E-state index contributed by atoms with van der Waals surface area (Å²) in [6.45, 7) is 0. The maximum absolute atomic E-state index is 13.1. The molecule has 0 aromatic heterocycles. The van der Waals surface area contributed by atoms with Crippen molar-refractivity contribution in [1.29, 1.82) is 0 Å². The summed E-state index contributed by atoms with van der Waals surface area (Å²) in [6.07, 6.45) is 3.44. The van der Waals surface area contributed by atoms with Crippen LogP contribution in [0.5, 0.6) is 0 Å². The molecule has 0 heterocycles. The topological polar surface area (TPSA) is 0 Å². The third-order valence-corrected chi connectivity index (χ3v) is 4.47. The largest absolute Gasteiger partial charge is 0.204 e. The van der Waals surface area contributed by atoms with E-state index >= 15 is 0 Å². The third kappa shape index (κ3) is 2.18. The highest BCUT2D eigenvalue weighted by Gasteiger charge is 2.28. The Morgan fingerprint density at radius 2 is 1.87 bits per heavy atom. The van der Waals surface area contributed by atoms with E-state index in [1.54, 1.807) is 0 Å². The number of halogens is 4. The molecule has 4 heteroatoms. The van der Waals surface area contributed by atoms with Crippen LogP contribution in [0.3, 0.4) is 0 Å². The molecule has 82 valence electrons. The van der Waals surface area contributed by atoms with Crippen LogP contribution in [-0.2, 0) is 0 Å². The molecule has 1 atom stereocenters. The van der Waals surface area contributed by atoms with E-state index in [4.69, 9.17) is 11.6 Å². The lowest BCUT2D eigenvalue weighted by Crippen LogP contribution is -2.16.